The summed E-state index contributed by atoms with van der Waals surface area (Å²) < 4.78 is 0. The van der Waals surface area contributed by atoms with Gasteiger partial charge in [0, 0.05) is 51.9 Å². The van der Waals surface area contributed by atoms with Crippen LogP contribution in [0.3, 0.4) is 0 Å². The lowest BCUT2D eigenvalue weighted by molar-refractivity contribution is 0.109. The van der Waals surface area contributed by atoms with Crippen LogP contribution in [0.2, 0.25) is 0 Å². The first-order valence-corrected chi connectivity index (χ1v) is 8.83. The van der Waals surface area contributed by atoms with E-state index in [-0.39, 0.29) is 6.10 Å². The highest BCUT2D eigenvalue weighted by Crippen LogP contribution is 2.09. The minimum Gasteiger partial charge on any atom is -0.392 e. The Morgan fingerprint density at radius 1 is 0.909 bits per heavy atom. The molecule has 0 bridgehead atoms. The first-order valence-electron chi connectivity index (χ1n) is 8.83. The molecular weight excluding hydrogens is 278 g/mol. The second-order valence-corrected chi connectivity index (χ2v) is 6.11. The number of hydrogen-bond donors (Lipinski definition) is 4. The van der Waals surface area contributed by atoms with Gasteiger partial charge in [0.1, 0.15) is 0 Å². The lowest BCUT2D eigenvalue weighted by Gasteiger charge is -2.29. The Balaban J connectivity index is 3.99. The minimum atomic E-state index is -0.241. The van der Waals surface area contributed by atoms with Crippen LogP contribution in [0.5, 0.6) is 0 Å². The van der Waals surface area contributed by atoms with E-state index in [1.54, 1.807) is 0 Å². The summed E-state index contributed by atoms with van der Waals surface area (Å²) in [5.74, 6) is 0. The van der Waals surface area contributed by atoms with Gasteiger partial charge in [0.2, 0.25) is 0 Å². The molecule has 0 heterocycles. The van der Waals surface area contributed by atoms with Gasteiger partial charge in [0.25, 0.3) is 0 Å². The van der Waals surface area contributed by atoms with E-state index in [9.17, 15) is 5.11 Å². The fourth-order valence-electron chi connectivity index (χ4n) is 2.75. The summed E-state index contributed by atoms with van der Waals surface area (Å²) in [7, 11) is 0. The molecule has 0 aromatic heterocycles. The monoisotopic (exact) mass is 317 g/mol. The standard InChI is InChI=1S/C16H39N5O/c1-3-16(22)14-20(11-7-17)10-5-4-6-15(2)21(12-8-18)13-9-19/h15-16,22H,3-14,17-19H2,1-2H3. The molecular formula is C16H39N5O. The van der Waals surface area contributed by atoms with E-state index < -0.39 is 0 Å². The third-order valence-corrected chi connectivity index (χ3v) is 4.19. The highest BCUT2D eigenvalue weighted by molar-refractivity contribution is 4.70. The molecule has 0 rings (SSSR count). The Labute approximate surface area is 137 Å². The van der Waals surface area contributed by atoms with Crippen molar-refractivity contribution >= 4 is 0 Å². The van der Waals surface area contributed by atoms with Crippen LogP contribution in [0.1, 0.15) is 39.5 Å². The van der Waals surface area contributed by atoms with Gasteiger partial charge in [-0.15, -0.1) is 0 Å². The summed E-state index contributed by atoms with van der Waals surface area (Å²) >= 11 is 0. The first kappa shape index (κ1) is 21.8. The molecule has 0 aliphatic rings. The van der Waals surface area contributed by atoms with Crippen molar-refractivity contribution in [3.8, 4) is 0 Å². The van der Waals surface area contributed by atoms with E-state index in [1.807, 2.05) is 6.92 Å². The van der Waals surface area contributed by atoms with Crippen molar-refractivity contribution in [3.05, 3.63) is 0 Å². The molecule has 0 aromatic rings. The van der Waals surface area contributed by atoms with Crippen molar-refractivity contribution in [3.63, 3.8) is 0 Å². The van der Waals surface area contributed by atoms with Gasteiger partial charge in [-0.25, -0.2) is 0 Å². The van der Waals surface area contributed by atoms with Crippen molar-refractivity contribution in [2.24, 2.45) is 17.2 Å². The van der Waals surface area contributed by atoms with Crippen molar-refractivity contribution in [2.75, 3.05) is 52.4 Å². The van der Waals surface area contributed by atoms with Crippen molar-refractivity contribution in [2.45, 2.75) is 51.7 Å². The van der Waals surface area contributed by atoms with Crippen LogP contribution in [0, 0.1) is 0 Å². The first-order chi connectivity index (χ1) is 10.6. The Hall–Kier alpha value is -0.240. The number of aliphatic hydroxyl groups is 1. The van der Waals surface area contributed by atoms with Crippen LogP contribution in [0.4, 0.5) is 0 Å². The molecule has 0 aliphatic heterocycles. The summed E-state index contributed by atoms with van der Waals surface area (Å²) in [4.78, 5) is 4.65. The summed E-state index contributed by atoms with van der Waals surface area (Å²) in [6, 6.07) is 0.524. The Kier molecular flexibility index (Phi) is 14.2. The minimum absolute atomic E-state index is 0.241. The predicted molar refractivity (Wildman–Crippen MR) is 94.8 cm³/mol. The van der Waals surface area contributed by atoms with Crippen LogP contribution in [-0.2, 0) is 0 Å². The molecule has 2 atom stereocenters. The number of nitrogens with two attached hydrogens (primary N) is 3. The molecule has 0 aliphatic carbocycles. The van der Waals surface area contributed by atoms with Crippen molar-refractivity contribution in [1.29, 1.82) is 0 Å². The number of nitrogens with zero attached hydrogens (tertiary/aromatic N) is 2. The molecule has 0 spiro atoms. The fraction of sp³-hybridized carbons (Fsp3) is 1.00. The lowest BCUT2D eigenvalue weighted by atomic mass is 10.1. The van der Waals surface area contributed by atoms with Crippen molar-refractivity contribution in [1.82, 2.24) is 9.80 Å². The van der Waals surface area contributed by atoms with Gasteiger partial charge in [0.05, 0.1) is 6.10 Å². The summed E-state index contributed by atoms with van der Waals surface area (Å²) in [5.41, 5.74) is 17.0. The quantitative estimate of drug-likeness (QED) is 0.312. The van der Waals surface area contributed by atoms with E-state index in [1.165, 1.54) is 6.42 Å². The second-order valence-electron chi connectivity index (χ2n) is 6.11. The number of rotatable bonds is 15. The maximum Gasteiger partial charge on any atom is 0.0664 e. The molecule has 0 amide bonds. The Morgan fingerprint density at radius 3 is 2.00 bits per heavy atom. The molecule has 134 valence electrons. The van der Waals surface area contributed by atoms with Crippen LogP contribution in [0.25, 0.3) is 0 Å². The molecule has 0 saturated carbocycles. The van der Waals surface area contributed by atoms with Gasteiger partial charge in [-0.2, -0.15) is 0 Å². The highest BCUT2D eigenvalue weighted by atomic mass is 16.3. The third-order valence-electron chi connectivity index (χ3n) is 4.19. The molecule has 0 radical (unpaired) electrons. The number of aliphatic hydroxyl groups excluding tert-OH is 1. The lowest BCUT2D eigenvalue weighted by Crippen LogP contribution is -2.40. The molecule has 0 fully saturated rings. The van der Waals surface area contributed by atoms with Crippen molar-refractivity contribution < 1.29 is 5.11 Å². The van der Waals surface area contributed by atoms with Gasteiger partial charge in [-0.1, -0.05) is 13.3 Å². The number of unbranched alkanes of at least 4 members (excludes halogenated alkanes) is 1. The van der Waals surface area contributed by atoms with Gasteiger partial charge in [-0.05, 0) is 32.7 Å². The van der Waals surface area contributed by atoms with E-state index in [4.69, 9.17) is 17.2 Å². The van der Waals surface area contributed by atoms with Crippen LogP contribution in [0.15, 0.2) is 0 Å². The van der Waals surface area contributed by atoms with Crippen LogP contribution >= 0.6 is 0 Å². The van der Waals surface area contributed by atoms with Crippen LogP contribution in [-0.4, -0.2) is 79.4 Å². The second kappa shape index (κ2) is 14.4. The summed E-state index contributed by atoms with van der Waals surface area (Å²) in [6.07, 6.45) is 4.03. The molecule has 22 heavy (non-hydrogen) atoms. The van der Waals surface area contributed by atoms with Gasteiger partial charge >= 0.3 is 0 Å². The largest absolute Gasteiger partial charge is 0.392 e. The molecule has 0 saturated heterocycles. The maximum atomic E-state index is 9.78. The van der Waals surface area contributed by atoms with E-state index in [0.717, 1.165) is 52.0 Å². The zero-order valence-corrected chi connectivity index (χ0v) is 14.7. The molecule has 2 unspecified atom stereocenters. The smallest absolute Gasteiger partial charge is 0.0664 e. The predicted octanol–water partition coefficient (Wildman–Crippen LogP) is -0.204. The number of hydrogen-bond acceptors (Lipinski definition) is 6. The third kappa shape index (κ3) is 10.5. The van der Waals surface area contributed by atoms with Gasteiger partial charge in [0.15, 0.2) is 0 Å². The Morgan fingerprint density at radius 2 is 1.50 bits per heavy atom. The van der Waals surface area contributed by atoms with Gasteiger partial charge < -0.3 is 22.3 Å². The van der Waals surface area contributed by atoms with Crippen LogP contribution < -0.4 is 17.2 Å². The van der Waals surface area contributed by atoms with E-state index in [0.29, 0.717) is 25.7 Å². The summed E-state index contributed by atoms with van der Waals surface area (Å²) in [6.45, 7) is 10.7. The van der Waals surface area contributed by atoms with E-state index in [2.05, 4.69) is 16.7 Å². The maximum absolute atomic E-state index is 9.78. The molecule has 6 nitrogen and oxygen atoms in total. The Bertz CT molecular complexity index is 237. The fourth-order valence-corrected chi connectivity index (χ4v) is 2.75. The topological polar surface area (TPSA) is 105 Å². The zero-order valence-electron chi connectivity index (χ0n) is 14.7. The van der Waals surface area contributed by atoms with Gasteiger partial charge in [-0.3, -0.25) is 9.80 Å². The molecule has 6 heteroatoms. The molecule has 0 aromatic carbocycles. The highest BCUT2D eigenvalue weighted by Gasteiger charge is 2.13. The average Bonchev–Trinajstić information content (AvgIpc) is 2.51. The normalized spacial score (nSPS) is 14.7. The average molecular weight is 318 g/mol. The van der Waals surface area contributed by atoms with E-state index >= 15 is 0 Å². The molecule has 7 N–H and O–H groups in total. The summed E-state index contributed by atoms with van der Waals surface area (Å²) in [5, 5.41) is 9.78. The zero-order chi connectivity index (χ0) is 16.8. The SMILES string of the molecule is CCC(O)CN(CCN)CCCCC(C)N(CCN)CCN.